The second-order valence-corrected chi connectivity index (χ2v) is 8.27. The Hall–Kier alpha value is -2.28. The van der Waals surface area contributed by atoms with Crippen LogP contribution in [0, 0.1) is 0 Å². The Labute approximate surface area is 165 Å². The van der Waals surface area contributed by atoms with E-state index in [1.54, 1.807) is 0 Å². The van der Waals surface area contributed by atoms with Crippen molar-refractivity contribution in [1.82, 2.24) is 30.4 Å². The van der Waals surface area contributed by atoms with E-state index >= 15 is 0 Å². The number of nitrogens with zero attached hydrogens (tertiary/aromatic N) is 4. The topological polar surface area (TPSA) is 86.8 Å². The van der Waals surface area contributed by atoms with E-state index in [-0.39, 0.29) is 11.9 Å². The van der Waals surface area contributed by atoms with Crippen LogP contribution >= 0.6 is 0 Å². The maximum Gasteiger partial charge on any atom is 0.274 e. The average molecular weight is 380 g/mol. The fourth-order valence-corrected chi connectivity index (χ4v) is 4.74. The van der Waals surface area contributed by atoms with Gasteiger partial charge in [0, 0.05) is 42.5 Å². The van der Waals surface area contributed by atoms with Crippen LogP contribution in [0.1, 0.15) is 83.4 Å². The van der Waals surface area contributed by atoms with Crippen molar-refractivity contribution in [2.24, 2.45) is 0 Å². The molecule has 7 nitrogen and oxygen atoms in total. The van der Waals surface area contributed by atoms with Gasteiger partial charge in [0.25, 0.3) is 5.91 Å². The van der Waals surface area contributed by atoms with E-state index in [0.717, 1.165) is 67.0 Å². The molecular formula is C21H28N6O. The molecule has 1 fully saturated rings. The Morgan fingerprint density at radius 1 is 1.11 bits per heavy atom. The molecular weight excluding hydrogens is 352 g/mol. The molecule has 0 spiro atoms. The number of fused-ring (bicyclic) bond motifs is 2. The zero-order valence-electron chi connectivity index (χ0n) is 16.3. The van der Waals surface area contributed by atoms with Crippen LogP contribution in [-0.4, -0.2) is 44.1 Å². The summed E-state index contributed by atoms with van der Waals surface area (Å²) in [5.41, 5.74) is 5.11. The van der Waals surface area contributed by atoms with E-state index < -0.39 is 0 Å². The summed E-state index contributed by atoms with van der Waals surface area (Å²) in [5.74, 6) is 0.954. The number of aromatic amines is 1. The van der Waals surface area contributed by atoms with Crippen LogP contribution in [0.2, 0.25) is 0 Å². The molecule has 1 amide bonds. The second-order valence-electron chi connectivity index (χ2n) is 8.27. The lowest BCUT2D eigenvalue weighted by molar-refractivity contribution is 0.0726. The Morgan fingerprint density at radius 2 is 2.00 bits per heavy atom. The van der Waals surface area contributed by atoms with Crippen molar-refractivity contribution in [2.45, 2.75) is 70.4 Å². The zero-order chi connectivity index (χ0) is 18.9. The van der Waals surface area contributed by atoms with E-state index in [9.17, 15) is 4.79 Å². The van der Waals surface area contributed by atoms with Gasteiger partial charge in [-0.25, -0.2) is 9.97 Å². The van der Waals surface area contributed by atoms with Gasteiger partial charge < -0.3 is 10.2 Å². The molecule has 5 rings (SSSR count). The fraction of sp³-hybridized carbons (Fsp3) is 0.619. The first-order valence-corrected chi connectivity index (χ1v) is 10.7. The number of amides is 1. The van der Waals surface area contributed by atoms with Crippen LogP contribution in [0.4, 0.5) is 0 Å². The van der Waals surface area contributed by atoms with E-state index in [2.05, 4.69) is 20.5 Å². The molecule has 0 radical (unpaired) electrons. The first-order chi connectivity index (χ1) is 13.8. The quantitative estimate of drug-likeness (QED) is 0.836. The first kappa shape index (κ1) is 17.8. The van der Waals surface area contributed by atoms with Crippen LogP contribution in [0.3, 0.4) is 0 Å². The summed E-state index contributed by atoms with van der Waals surface area (Å²) in [6.45, 7) is 2.32. The van der Waals surface area contributed by atoms with Crippen LogP contribution < -0.4 is 5.32 Å². The molecule has 0 unspecified atom stereocenters. The Balaban J connectivity index is 1.34. The molecule has 2 aliphatic heterocycles. The lowest BCUT2D eigenvalue weighted by atomic mass is 9.96. The van der Waals surface area contributed by atoms with Crippen molar-refractivity contribution >= 4 is 5.91 Å². The summed E-state index contributed by atoms with van der Waals surface area (Å²) < 4.78 is 0. The van der Waals surface area contributed by atoms with Gasteiger partial charge in [-0.2, -0.15) is 5.10 Å². The zero-order valence-corrected chi connectivity index (χ0v) is 16.3. The van der Waals surface area contributed by atoms with Gasteiger partial charge in [-0.1, -0.05) is 12.8 Å². The number of rotatable bonds is 2. The standard InChI is InChI=1S/C21H28N6O/c28-21(19-15-6-3-1-2-4-7-17(15)25-26-19)27-11-9-16-14(13-27)12-23-20(24-16)18-8-5-10-22-18/h12,18,22H,1-11,13H2,(H,25,26)/t18-/m1/s1. The molecule has 2 aromatic rings. The Kier molecular flexibility index (Phi) is 4.84. The molecule has 3 aliphatic rings. The smallest absolute Gasteiger partial charge is 0.274 e. The average Bonchev–Trinajstić information content (AvgIpc) is 3.37. The molecule has 7 heteroatoms. The fourth-order valence-electron chi connectivity index (χ4n) is 4.74. The van der Waals surface area contributed by atoms with Gasteiger partial charge in [0.2, 0.25) is 0 Å². The lowest BCUT2D eigenvalue weighted by Crippen LogP contribution is -2.37. The molecule has 148 valence electrons. The number of H-pyrrole nitrogens is 1. The van der Waals surface area contributed by atoms with Gasteiger partial charge in [0.15, 0.2) is 5.69 Å². The summed E-state index contributed by atoms with van der Waals surface area (Å²) in [5, 5.41) is 11.0. The van der Waals surface area contributed by atoms with Gasteiger partial charge in [0.05, 0.1) is 11.7 Å². The highest BCUT2D eigenvalue weighted by molar-refractivity contribution is 5.94. The third-order valence-corrected chi connectivity index (χ3v) is 6.37. The molecule has 2 aromatic heterocycles. The molecule has 1 saturated heterocycles. The van der Waals surface area contributed by atoms with Crippen molar-refractivity contribution in [3.05, 3.63) is 40.2 Å². The van der Waals surface area contributed by atoms with Crippen molar-refractivity contribution in [2.75, 3.05) is 13.1 Å². The highest BCUT2D eigenvalue weighted by atomic mass is 16.2. The monoisotopic (exact) mass is 380 g/mol. The summed E-state index contributed by atoms with van der Waals surface area (Å²) in [4.78, 5) is 24.5. The minimum Gasteiger partial charge on any atom is -0.332 e. The molecule has 0 bridgehead atoms. The van der Waals surface area contributed by atoms with Crippen molar-refractivity contribution in [3.63, 3.8) is 0 Å². The predicted octanol–water partition coefficient (Wildman–Crippen LogP) is 2.48. The molecule has 28 heavy (non-hydrogen) atoms. The van der Waals surface area contributed by atoms with Crippen molar-refractivity contribution in [1.29, 1.82) is 0 Å². The van der Waals surface area contributed by atoms with Crippen molar-refractivity contribution < 1.29 is 4.79 Å². The number of aryl methyl sites for hydroxylation is 1. The van der Waals surface area contributed by atoms with Crippen LogP contribution in [0.25, 0.3) is 0 Å². The van der Waals surface area contributed by atoms with Gasteiger partial charge in [-0.3, -0.25) is 9.89 Å². The highest BCUT2D eigenvalue weighted by Crippen LogP contribution is 2.26. The van der Waals surface area contributed by atoms with E-state index in [1.165, 1.54) is 25.7 Å². The normalized spacial score (nSPS) is 22.3. The van der Waals surface area contributed by atoms with Gasteiger partial charge >= 0.3 is 0 Å². The highest BCUT2D eigenvalue weighted by Gasteiger charge is 2.29. The number of aromatic nitrogens is 4. The van der Waals surface area contributed by atoms with Gasteiger partial charge in [-0.15, -0.1) is 0 Å². The summed E-state index contributed by atoms with van der Waals surface area (Å²) in [6, 6.07) is 0.286. The van der Waals surface area contributed by atoms with E-state index in [0.29, 0.717) is 18.8 Å². The Bertz CT molecular complexity index is 870. The van der Waals surface area contributed by atoms with Gasteiger partial charge in [0.1, 0.15) is 5.82 Å². The maximum absolute atomic E-state index is 13.2. The van der Waals surface area contributed by atoms with Crippen LogP contribution in [0.5, 0.6) is 0 Å². The maximum atomic E-state index is 13.2. The Morgan fingerprint density at radius 3 is 2.86 bits per heavy atom. The van der Waals surface area contributed by atoms with E-state index in [4.69, 9.17) is 4.98 Å². The summed E-state index contributed by atoms with van der Waals surface area (Å²) in [6.07, 6.45) is 11.8. The molecule has 2 N–H and O–H groups in total. The largest absolute Gasteiger partial charge is 0.332 e. The number of carbonyl (C=O) groups is 1. The molecule has 0 aromatic carbocycles. The van der Waals surface area contributed by atoms with Gasteiger partial charge in [-0.05, 0) is 45.1 Å². The first-order valence-electron chi connectivity index (χ1n) is 10.7. The van der Waals surface area contributed by atoms with E-state index in [1.807, 2.05) is 11.1 Å². The number of nitrogens with one attached hydrogen (secondary N) is 2. The SMILES string of the molecule is O=C(c1n[nH]c2c1CCCCCC2)N1CCc2nc([C@H]3CCCN3)ncc2C1. The summed E-state index contributed by atoms with van der Waals surface area (Å²) >= 11 is 0. The molecule has 4 heterocycles. The number of hydrogen-bond donors (Lipinski definition) is 2. The number of carbonyl (C=O) groups excluding carboxylic acids is 1. The van der Waals surface area contributed by atoms with Crippen molar-refractivity contribution in [3.8, 4) is 0 Å². The minimum absolute atomic E-state index is 0.0465. The summed E-state index contributed by atoms with van der Waals surface area (Å²) in [7, 11) is 0. The molecule has 1 aliphatic carbocycles. The third kappa shape index (κ3) is 3.32. The minimum atomic E-state index is 0.0465. The molecule has 1 atom stereocenters. The number of hydrogen-bond acceptors (Lipinski definition) is 5. The van der Waals surface area contributed by atoms with Crippen LogP contribution in [-0.2, 0) is 25.8 Å². The predicted molar refractivity (Wildman–Crippen MR) is 105 cm³/mol. The van der Waals surface area contributed by atoms with Crippen LogP contribution in [0.15, 0.2) is 6.20 Å². The molecule has 0 saturated carbocycles. The second kappa shape index (κ2) is 7.62. The lowest BCUT2D eigenvalue weighted by Gasteiger charge is -2.28. The third-order valence-electron chi connectivity index (χ3n) is 6.37.